The summed E-state index contributed by atoms with van der Waals surface area (Å²) in [4.78, 5) is 17.3. The summed E-state index contributed by atoms with van der Waals surface area (Å²) < 4.78 is 4.57. The van der Waals surface area contributed by atoms with E-state index in [9.17, 15) is 4.79 Å². The molecule has 0 spiro atoms. The highest BCUT2D eigenvalue weighted by molar-refractivity contribution is 8.01. The maximum Gasteiger partial charge on any atom is 0.248 e. The molecule has 33 heavy (non-hydrogen) atoms. The predicted molar refractivity (Wildman–Crippen MR) is 135 cm³/mol. The van der Waals surface area contributed by atoms with Gasteiger partial charge >= 0.3 is 0 Å². The van der Waals surface area contributed by atoms with E-state index >= 15 is 0 Å². The number of methoxy groups -OCH3 is 1. The fraction of sp³-hybridized carbons (Fsp3) is 0.138. The molecule has 4 aromatic carbocycles. The average Bonchev–Trinajstić information content (AvgIpc) is 3.08. The van der Waals surface area contributed by atoms with Crippen LogP contribution in [-0.4, -0.2) is 13.0 Å². The number of carbonyl (C=O) groups excluding carboxylic acids is 1. The molecule has 1 aliphatic heterocycles. The second kappa shape index (κ2) is 9.16. The third kappa shape index (κ3) is 4.14. The van der Waals surface area contributed by atoms with Gasteiger partial charge in [0, 0.05) is 22.6 Å². The molecule has 0 radical (unpaired) electrons. The number of fused-ring (bicyclic) bond motifs is 1. The monoisotopic (exact) mass is 451 g/mol. The second-order valence-electron chi connectivity index (χ2n) is 8.16. The van der Waals surface area contributed by atoms with Crippen LogP contribution in [0.25, 0.3) is 0 Å². The normalized spacial score (nSPS) is 17.1. The Morgan fingerprint density at radius 2 is 1.39 bits per heavy atom. The first-order valence-corrected chi connectivity index (χ1v) is 11.8. The minimum absolute atomic E-state index is 0.122. The molecule has 1 unspecified atom stereocenters. The minimum atomic E-state index is -0.730. The van der Waals surface area contributed by atoms with E-state index in [0.29, 0.717) is 13.0 Å². The van der Waals surface area contributed by atoms with Gasteiger partial charge in [-0.25, -0.2) is 0 Å². The van der Waals surface area contributed by atoms with Crippen molar-refractivity contribution in [1.82, 2.24) is 0 Å². The molecule has 1 atom stereocenters. The molecule has 0 saturated carbocycles. The van der Waals surface area contributed by atoms with Gasteiger partial charge in [0.1, 0.15) is 10.5 Å². The van der Waals surface area contributed by atoms with Crippen LogP contribution in [0, 0.1) is 0 Å². The molecule has 0 N–H and O–H groups in total. The number of hydrogen-bond acceptors (Lipinski definition) is 3. The van der Waals surface area contributed by atoms with E-state index in [1.807, 2.05) is 77.7 Å². The quantitative estimate of drug-likeness (QED) is 0.322. The smallest absolute Gasteiger partial charge is 0.248 e. The molecule has 4 heteroatoms. The summed E-state index contributed by atoms with van der Waals surface area (Å²) in [6.45, 7) is 0.520. The number of thioether (sulfide) groups is 1. The molecule has 4 aromatic rings. The molecule has 0 aliphatic carbocycles. The lowest BCUT2D eigenvalue weighted by Gasteiger charge is -2.29. The van der Waals surface area contributed by atoms with Crippen molar-refractivity contribution in [2.45, 2.75) is 22.6 Å². The van der Waals surface area contributed by atoms with Gasteiger partial charge in [-0.05, 0) is 41.5 Å². The predicted octanol–water partition coefficient (Wildman–Crippen LogP) is 6.47. The third-order valence-electron chi connectivity index (χ3n) is 6.05. The van der Waals surface area contributed by atoms with E-state index in [1.165, 1.54) is 0 Å². The molecule has 3 nitrogen and oxygen atoms in total. The van der Waals surface area contributed by atoms with Gasteiger partial charge in [0.05, 0.1) is 13.7 Å². The van der Waals surface area contributed by atoms with Gasteiger partial charge in [-0.1, -0.05) is 78.9 Å². The molecular weight excluding hydrogens is 426 g/mol. The van der Waals surface area contributed by atoms with Crippen LogP contribution in [0.3, 0.4) is 0 Å². The zero-order valence-electron chi connectivity index (χ0n) is 18.5. The van der Waals surface area contributed by atoms with Crippen molar-refractivity contribution in [2.75, 3.05) is 12.0 Å². The van der Waals surface area contributed by atoms with Crippen LogP contribution >= 0.6 is 11.8 Å². The van der Waals surface area contributed by atoms with Gasteiger partial charge in [0.15, 0.2) is 0 Å². The van der Waals surface area contributed by atoms with E-state index in [2.05, 4.69) is 36.4 Å². The van der Waals surface area contributed by atoms with Crippen LogP contribution in [0.4, 0.5) is 5.69 Å². The van der Waals surface area contributed by atoms with Crippen LogP contribution in [0.5, 0.6) is 5.75 Å². The number of ether oxygens (including phenoxy) is 1. The van der Waals surface area contributed by atoms with Gasteiger partial charge in [0.25, 0.3) is 0 Å². The Morgan fingerprint density at radius 1 is 0.758 bits per heavy atom. The highest BCUT2D eigenvalue weighted by Crippen LogP contribution is 2.53. The first kappa shape index (κ1) is 21.4. The average molecular weight is 452 g/mol. The zero-order valence-corrected chi connectivity index (χ0v) is 19.3. The van der Waals surface area contributed by atoms with Crippen LogP contribution in [-0.2, 0) is 22.5 Å². The number of para-hydroxylation sites is 1. The largest absolute Gasteiger partial charge is 0.497 e. The second-order valence-corrected chi connectivity index (χ2v) is 9.53. The maximum absolute atomic E-state index is 14.3. The lowest BCUT2D eigenvalue weighted by molar-refractivity contribution is -0.120. The molecule has 0 bridgehead atoms. The lowest BCUT2D eigenvalue weighted by Crippen LogP contribution is -2.39. The summed E-state index contributed by atoms with van der Waals surface area (Å²) in [5, 5.41) is 0. The summed E-state index contributed by atoms with van der Waals surface area (Å²) in [5.74, 6) is 0.933. The number of anilines is 1. The summed E-state index contributed by atoms with van der Waals surface area (Å²) in [6.07, 6.45) is 0.627. The van der Waals surface area contributed by atoms with Crippen molar-refractivity contribution in [3.05, 3.63) is 126 Å². The fourth-order valence-electron chi connectivity index (χ4n) is 4.44. The molecule has 1 heterocycles. The number of nitrogens with zero attached hydrogens (tertiary/aromatic N) is 1. The van der Waals surface area contributed by atoms with Crippen LogP contribution < -0.4 is 9.64 Å². The number of benzene rings is 4. The summed E-state index contributed by atoms with van der Waals surface area (Å²) in [6, 6.07) is 36.7. The van der Waals surface area contributed by atoms with Crippen molar-refractivity contribution in [3.63, 3.8) is 0 Å². The van der Waals surface area contributed by atoms with Crippen LogP contribution in [0.1, 0.15) is 16.7 Å². The van der Waals surface area contributed by atoms with Crippen molar-refractivity contribution < 1.29 is 9.53 Å². The van der Waals surface area contributed by atoms with Gasteiger partial charge in [-0.15, -0.1) is 11.8 Å². The van der Waals surface area contributed by atoms with Gasteiger partial charge in [-0.3, -0.25) is 4.79 Å². The Bertz CT molecular complexity index is 1200. The summed E-state index contributed by atoms with van der Waals surface area (Å²) >= 11 is 1.65. The molecular formula is C29H25NO2S. The molecule has 0 fully saturated rings. The van der Waals surface area contributed by atoms with E-state index in [4.69, 9.17) is 4.74 Å². The lowest BCUT2D eigenvalue weighted by atomic mass is 9.92. The van der Waals surface area contributed by atoms with E-state index < -0.39 is 4.75 Å². The Labute approximate surface area is 199 Å². The Balaban J connectivity index is 1.59. The number of carbonyl (C=O) groups is 1. The Kier molecular flexibility index (Phi) is 5.93. The highest BCUT2D eigenvalue weighted by Gasteiger charge is 2.51. The summed E-state index contributed by atoms with van der Waals surface area (Å²) in [5.41, 5.74) is 4.27. The van der Waals surface area contributed by atoms with Crippen molar-refractivity contribution in [1.29, 1.82) is 0 Å². The van der Waals surface area contributed by atoms with Gasteiger partial charge < -0.3 is 9.64 Å². The molecule has 164 valence electrons. The Morgan fingerprint density at radius 3 is 2.09 bits per heavy atom. The standard InChI is InChI=1S/C29H25NO2S/c1-32-24-18-16-23(17-19-24)21-30-27-15-9-8-14-26(27)29(28(30)31,20-22-10-4-2-5-11-22)33-25-12-6-3-7-13-25/h2-19H,20-21H2,1H3. The number of hydrogen-bond donors (Lipinski definition) is 0. The van der Waals surface area contributed by atoms with E-state index in [1.54, 1.807) is 18.9 Å². The first-order valence-electron chi connectivity index (χ1n) is 11.0. The molecule has 0 aromatic heterocycles. The van der Waals surface area contributed by atoms with Crippen molar-refractivity contribution in [2.24, 2.45) is 0 Å². The van der Waals surface area contributed by atoms with E-state index in [0.717, 1.165) is 33.0 Å². The molecule has 5 rings (SSSR count). The van der Waals surface area contributed by atoms with Crippen LogP contribution in [0.15, 0.2) is 114 Å². The van der Waals surface area contributed by atoms with Gasteiger partial charge in [-0.2, -0.15) is 0 Å². The fourth-order valence-corrected chi connectivity index (χ4v) is 5.86. The van der Waals surface area contributed by atoms with E-state index in [-0.39, 0.29) is 5.91 Å². The minimum Gasteiger partial charge on any atom is -0.497 e. The zero-order chi connectivity index (χ0) is 22.7. The van der Waals surface area contributed by atoms with Gasteiger partial charge in [0.2, 0.25) is 5.91 Å². The number of amides is 1. The molecule has 1 amide bonds. The molecule has 0 saturated heterocycles. The van der Waals surface area contributed by atoms with Crippen molar-refractivity contribution in [3.8, 4) is 5.75 Å². The SMILES string of the molecule is COc1ccc(CN2C(=O)C(Cc3ccccc3)(Sc3ccccc3)c3ccccc32)cc1. The van der Waals surface area contributed by atoms with Crippen molar-refractivity contribution >= 4 is 23.4 Å². The first-order chi connectivity index (χ1) is 16.2. The topological polar surface area (TPSA) is 29.5 Å². The molecule has 1 aliphatic rings. The Hall–Kier alpha value is -3.50. The maximum atomic E-state index is 14.3. The summed E-state index contributed by atoms with van der Waals surface area (Å²) in [7, 11) is 1.66. The van der Waals surface area contributed by atoms with Crippen LogP contribution in [0.2, 0.25) is 0 Å². The third-order valence-corrected chi connectivity index (χ3v) is 7.45. The number of rotatable bonds is 7. The highest BCUT2D eigenvalue weighted by atomic mass is 32.2.